The smallest absolute Gasteiger partial charge is 0.164 e. The van der Waals surface area contributed by atoms with Gasteiger partial charge >= 0.3 is 0 Å². The van der Waals surface area contributed by atoms with E-state index >= 15 is 0 Å². The SMILES string of the molecule is Cl.NC1(F)CC(F)C1. The molecule has 0 amide bonds. The largest absolute Gasteiger partial charge is 0.299 e. The molecule has 1 nitrogen and oxygen atoms in total. The highest BCUT2D eigenvalue weighted by Crippen LogP contribution is 2.32. The van der Waals surface area contributed by atoms with Crippen molar-refractivity contribution in [3.05, 3.63) is 0 Å². The molecule has 1 aliphatic carbocycles. The Morgan fingerprint density at radius 2 is 1.88 bits per heavy atom. The van der Waals surface area contributed by atoms with E-state index in [-0.39, 0.29) is 25.2 Å². The summed E-state index contributed by atoms with van der Waals surface area (Å²) >= 11 is 0. The fourth-order valence-electron chi connectivity index (χ4n) is 0.677. The van der Waals surface area contributed by atoms with Crippen molar-refractivity contribution >= 4 is 12.4 Å². The van der Waals surface area contributed by atoms with Crippen LogP contribution in [0, 0.1) is 0 Å². The molecule has 0 radical (unpaired) electrons. The summed E-state index contributed by atoms with van der Waals surface area (Å²) in [6.07, 6.45) is -1.23. The monoisotopic (exact) mass is 143 g/mol. The lowest BCUT2D eigenvalue weighted by atomic mass is 9.89. The van der Waals surface area contributed by atoms with Crippen LogP contribution in [0.3, 0.4) is 0 Å². The first kappa shape index (κ1) is 8.11. The first-order valence-corrected chi connectivity index (χ1v) is 2.22. The zero-order valence-electron chi connectivity index (χ0n) is 4.23. The Labute approximate surface area is 52.7 Å². The standard InChI is InChI=1S/C4H7F2N.ClH/c5-3-1-4(6,7)2-3;/h3H,1-2,7H2;1H. The number of alkyl halides is 2. The van der Waals surface area contributed by atoms with E-state index in [1.54, 1.807) is 0 Å². The van der Waals surface area contributed by atoms with Crippen molar-refractivity contribution in [2.24, 2.45) is 5.73 Å². The fraction of sp³-hybridized carbons (Fsp3) is 1.00. The average molecular weight is 144 g/mol. The fourth-order valence-corrected chi connectivity index (χ4v) is 0.677. The topological polar surface area (TPSA) is 26.0 Å². The lowest BCUT2D eigenvalue weighted by Crippen LogP contribution is -2.48. The molecule has 8 heavy (non-hydrogen) atoms. The van der Waals surface area contributed by atoms with E-state index < -0.39 is 12.0 Å². The van der Waals surface area contributed by atoms with Gasteiger partial charge < -0.3 is 0 Å². The van der Waals surface area contributed by atoms with Crippen LogP contribution in [0.1, 0.15) is 12.8 Å². The van der Waals surface area contributed by atoms with Crippen molar-refractivity contribution in [1.82, 2.24) is 0 Å². The molecule has 1 rings (SSSR count). The van der Waals surface area contributed by atoms with Crippen molar-refractivity contribution in [1.29, 1.82) is 0 Å². The highest BCUT2D eigenvalue weighted by atomic mass is 35.5. The van der Waals surface area contributed by atoms with E-state index in [0.717, 1.165) is 0 Å². The zero-order valence-corrected chi connectivity index (χ0v) is 5.05. The van der Waals surface area contributed by atoms with E-state index in [9.17, 15) is 8.78 Å². The van der Waals surface area contributed by atoms with Gasteiger partial charge in [-0.25, -0.2) is 8.78 Å². The van der Waals surface area contributed by atoms with Gasteiger partial charge in [-0.3, -0.25) is 5.73 Å². The maximum Gasteiger partial charge on any atom is 0.164 e. The van der Waals surface area contributed by atoms with E-state index in [1.165, 1.54) is 0 Å². The van der Waals surface area contributed by atoms with Crippen molar-refractivity contribution in [2.45, 2.75) is 24.8 Å². The summed E-state index contributed by atoms with van der Waals surface area (Å²) in [6.45, 7) is 0. The summed E-state index contributed by atoms with van der Waals surface area (Å²) in [7, 11) is 0. The van der Waals surface area contributed by atoms with E-state index in [2.05, 4.69) is 0 Å². The van der Waals surface area contributed by atoms with Gasteiger partial charge in [0.25, 0.3) is 0 Å². The molecule has 1 saturated carbocycles. The summed E-state index contributed by atoms with van der Waals surface area (Å²) < 4.78 is 23.7. The van der Waals surface area contributed by atoms with Gasteiger partial charge in [0.1, 0.15) is 6.17 Å². The maximum absolute atomic E-state index is 12.0. The van der Waals surface area contributed by atoms with Crippen molar-refractivity contribution < 1.29 is 8.78 Å². The third kappa shape index (κ3) is 1.56. The summed E-state index contributed by atoms with van der Waals surface area (Å²) in [5, 5.41) is 0. The molecule has 0 heterocycles. The van der Waals surface area contributed by atoms with Gasteiger partial charge in [-0.15, -0.1) is 12.4 Å². The Morgan fingerprint density at radius 1 is 1.50 bits per heavy atom. The predicted molar refractivity (Wildman–Crippen MR) is 29.4 cm³/mol. The first-order chi connectivity index (χ1) is 3.10. The molecule has 1 fully saturated rings. The van der Waals surface area contributed by atoms with E-state index in [0.29, 0.717) is 0 Å². The van der Waals surface area contributed by atoms with Crippen LogP contribution in [0.15, 0.2) is 0 Å². The molecule has 0 aromatic rings. The molecule has 0 aromatic carbocycles. The molecule has 1 aliphatic rings. The van der Waals surface area contributed by atoms with Gasteiger partial charge in [0.15, 0.2) is 5.79 Å². The number of hydrogen-bond acceptors (Lipinski definition) is 1. The molecule has 0 saturated heterocycles. The molecular weight excluding hydrogens is 136 g/mol. The first-order valence-electron chi connectivity index (χ1n) is 2.22. The van der Waals surface area contributed by atoms with Crippen LogP contribution in [0.5, 0.6) is 0 Å². The van der Waals surface area contributed by atoms with Gasteiger partial charge in [-0.1, -0.05) is 0 Å². The van der Waals surface area contributed by atoms with Crippen molar-refractivity contribution in [3.8, 4) is 0 Å². The lowest BCUT2D eigenvalue weighted by Gasteiger charge is -2.32. The minimum atomic E-state index is -1.68. The summed E-state index contributed by atoms with van der Waals surface area (Å²) in [6, 6.07) is 0. The van der Waals surface area contributed by atoms with Gasteiger partial charge in [-0.2, -0.15) is 0 Å². The Balaban J connectivity index is 0.000000490. The van der Waals surface area contributed by atoms with Gasteiger partial charge in [0.2, 0.25) is 0 Å². The third-order valence-corrected chi connectivity index (χ3v) is 1.12. The predicted octanol–water partition coefficient (Wildman–Crippen LogP) is 1.16. The molecule has 2 N–H and O–H groups in total. The second kappa shape index (κ2) is 2.15. The maximum atomic E-state index is 12.0. The second-order valence-electron chi connectivity index (χ2n) is 2.04. The van der Waals surface area contributed by atoms with Crippen LogP contribution in [-0.2, 0) is 0 Å². The van der Waals surface area contributed by atoms with Crippen LogP contribution < -0.4 is 5.73 Å². The number of rotatable bonds is 0. The second-order valence-corrected chi connectivity index (χ2v) is 2.04. The van der Waals surface area contributed by atoms with Crippen LogP contribution in [-0.4, -0.2) is 12.0 Å². The lowest BCUT2D eigenvalue weighted by molar-refractivity contribution is -0.00625. The minimum absolute atomic E-state index is 0. The van der Waals surface area contributed by atoms with E-state index in [4.69, 9.17) is 5.73 Å². The Kier molecular flexibility index (Phi) is 2.18. The van der Waals surface area contributed by atoms with Gasteiger partial charge in [0.05, 0.1) is 0 Å². The highest BCUT2D eigenvalue weighted by molar-refractivity contribution is 5.85. The van der Waals surface area contributed by atoms with Crippen LogP contribution in [0.2, 0.25) is 0 Å². The van der Waals surface area contributed by atoms with Crippen LogP contribution in [0.4, 0.5) is 8.78 Å². The molecule has 4 heteroatoms. The number of halogens is 3. The van der Waals surface area contributed by atoms with Crippen LogP contribution >= 0.6 is 12.4 Å². The van der Waals surface area contributed by atoms with Crippen LogP contribution in [0.25, 0.3) is 0 Å². The molecule has 0 aliphatic heterocycles. The Morgan fingerprint density at radius 3 is 1.88 bits per heavy atom. The molecule has 0 atom stereocenters. The zero-order chi connectivity index (χ0) is 5.49. The third-order valence-electron chi connectivity index (χ3n) is 1.12. The highest BCUT2D eigenvalue weighted by Gasteiger charge is 2.41. The molecule has 50 valence electrons. The molecule has 0 bridgehead atoms. The number of hydrogen-bond donors (Lipinski definition) is 1. The van der Waals surface area contributed by atoms with Crippen molar-refractivity contribution in [2.75, 3.05) is 0 Å². The summed E-state index contributed by atoms with van der Waals surface area (Å²) in [5.74, 6) is -1.68. The number of nitrogens with two attached hydrogens (primary N) is 1. The van der Waals surface area contributed by atoms with Gasteiger partial charge in [-0.05, 0) is 0 Å². The Bertz CT molecular complexity index is 78.1. The molecule has 0 unspecified atom stereocenters. The Hall–Kier alpha value is 0.110. The normalized spacial score (nSPS) is 44.6. The average Bonchev–Trinajstić information content (AvgIpc) is 1.27. The molecule has 0 aromatic heterocycles. The summed E-state index contributed by atoms with van der Waals surface area (Å²) in [4.78, 5) is 0. The molecule has 0 spiro atoms. The van der Waals surface area contributed by atoms with E-state index in [1.807, 2.05) is 0 Å². The van der Waals surface area contributed by atoms with Crippen molar-refractivity contribution in [3.63, 3.8) is 0 Å². The van der Waals surface area contributed by atoms with Gasteiger partial charge in [0, 0.05) is 12.8 Å². The summed E-state index contributed by atoms with van der Waals surface area (Å²) in [5.41, 5.74) is 4.81. The molecular formula is C4H8ClF2N. The minimum Gasteiger partial charge on any atom is -0.299 e. The quantitative estimate of drug-likeness (QED) is 0.506.